The van der Waals surface area contributed by atoms with Gasteiger partial charge in [0.05, 0.1) is 23.7 Å². The number of benzene rings is 3. The lowest BCUT2D eigenvalue weighted by molar-refractivity contribution is 0.0599. The first-order valence-corrected chi connectivity index (χ1v) is 12.8. The summed E-state index contributed by atoms with van der Waals surface area (Å²) < 4.78 is 7.75. The molecule has 5 nitrogen and oxygen atoms in total. The maximum absolute atomic E-state index is 14.3. The molecule has 1 aliphatic rings. The molecule has 5 heteroatoms. The van der Waals surface area contributed by atoms with Crippen LogP contribution >= 0.6 is 0 Å². The molecule has 0 bridgehead atoms. The Hall–Kier alpha value is -3.60. The van der Waals surface area contributed by atoms with Crippen molar-refractivity contribution in [2.45, 2.75) is 59.5 Å². The molecule has 36 heavy (non-hydrogen) atoms. The van der Waals surface area contributed by atoms with E-state index in [-0.39, 0.29) is 5.91 Å². The Bertz CT molecular complexity index is 1470. The maximum atomic E-state index is 14.3. The molecule has 0 unspecified atom stereocenters. The van der Waals surface area contributed by atoms with Gasteiger partial charge in [-0.2, -0.15) is 0 Å². The molecule has 1 amide bonds. The summed E-state index contributed by atoms with van der Waals surface area (Å²) >= 11 is 0. The van der Waals surface area contributed by atoms with E-state index in [9.17, 15) is 4.79 Å². The highest BCUT2D eigenvalue weighted by Crippen LogP contribution is 2.41. The zero-order chi connectivity index (χ0) is 25.6. The average molecular weight is 482 g/mol. The molecule has 1 saturated heterocycles. The predicted molar refractivity (Wildman–Crippen MR) is 146 cm³/mol. The lowest BCUT2D eigenvalue weighted by Crippen LogP contribution is -2.44. The Kier molecular flexibility index (Phi) is 6.11. The fourth-order valence-electron chi connectivity index (χ4n) is 5.66. The van der Waals surface area contributed by atoms with Gasteiger partial charge in [0.1, 0.15) is 11.6 Å². The van der Waals surface area contributed by atoms with Gasteiger partial charge in [0.25, 0.3) is 5.91 Å². The minimum absolute atomic E-state index is 0.0543. The van der Waals surface area contributed by atoms with E-state index in [4.69, 9.17) is 9.72 Å². The molecule has 5 rings (SSSR count). The van der Waals surface area contributed by atoms with Crippen LogP contribution in [0.3, 0.4) is 0 Å². The van der Waals surface area contributed by atoms with Crippen LogP contribution in [0.5, 0.6) is 5.75 Å². The molecule has 0 radical (unpaired) electrons. The molecular weight excluding hydrogens is 446 g/mol. The van der Waals surface area contributed by atoms with Crippen LogP contribution in [-0.2, 0) is 12.1 Å². The summed E-state index contributed by atoms with van der Waals surface area (Å²) in [4.78, 5) is 21.5. The maximum Gasteiger partial charge on any atom is 0.255 e. The van der Waals surface area contributed by atoms with Crippen molar-refractivity contribution in [2.24, 2.45) is 0 Å². The highest BCUT2D eigenvalue weighted by molar-refractivity contribution is 6.01. The zero-order valence-corrected chi connectivity index (χ0v) is 22.2. The van der Waals surface area contributed by atoms with Crippen LogP contribution in [0.4, 0.5) is 0 Å². The molecule has 0 spiro atoms. The quantitative estimate of drug-likeness (QED) is 0.315. The SMILES string of the molecule is CCn1c([C@]2(C)CCCN2C(=O)c2cc(C)ccc2-c2cccc(OC)c2)nc2cc(C)c(C)cc21. The predicted octanol–water partition coefficient (Wildman–Crippen LogP) is 6.81. The first-order chi connectivity index (χ1) is 17.3. The lowest BCUT2D eigenvalue weighted by atomic mass is 9.93. The van der Waals surface area contributed by atoms with E-state index in [0.717, 1.165) is 64.2 Å². The highest BCUT2D eigenvalue weighted by Gasteiger charge is 2.45. The van der Waals surface area contributed by atoms with E-state index >= 15 is 0 Å². The first-order valence-electron chi connectivity index (χ1n) is 12.8. The van der Waals surface area contributed by atoms with Gasteiger partial charge in [-0.05, 0) is 100 Å². The average Bonchev–Trinajstić information content (AvgIpc) is 3.44. The van der Waals surface area contributed by atoms with Gasteiger partial charge in [0, 0.05) is 18.7 Å². The smallest absolute Gasteiger partial charge is 0.255 e. The molecule has 0 saturated carbocycles. The van der Waals surface area contributed by atoms with E-state index in [1.54, 1.807) is 7.11 Å². The third-order valence-corrected chi connectivity index (χ3v) is 7.83. The molecule has 1 aliphatic heterocycles. The third-order valence-electron chi connectivity index (χ3n) is 7.83. The number of hydrogen-bond acceptors (Lipinski definition) is 3. The third kappa shape index (κ3) is 3.87. The monoisotopic (exact) mass is 481 g/mol. The summed E-state index contributed by atoms with van der Waals surface area (Å²) in [6, 6.07) is 18.5. The molecule has 4 aromatic rings. The molecule has 1 fully saturated rings. The second-order valence-electron chi connectivity index (χ2n) is 10.2. The summed E-state index contributed by atoms with van der Waals surface area (Å²) in [5, 5.41) is 0. The standard InChI is InChI=1S/C31H35N3O2/c1-7-33-28-18-22(4)21(3)17-27(28)32-30(33)31(5)14-9-15-34(31)29(35)26-16-20(2)12-13-25(26)23-10-8-11-24(19-23)36-6/h8,10-13,16-19H,7,9,14-15H2,1-6H3/t31-/m0/s1. The van der Waals surface area contributed by atoms with Crippen molar-refractivity contribution < 1.29 is 9.53 Å². The van der Waals surface area contributed by atoms with E-state index < -0.39 is 5.54 Å². The topological polar surface area (TPSA) is 47.4 Å². The number of likely N-dealkylation sites (tertiary alicyclic amines) is 1. The number of imidazole rings is 1. The van der Waals surface area contributed by atoms with Gasteiger partial charge < -0.3 is 14.2 Å². The summed E-state index contributed by atoms with van der Waals surface area (Å²) in [6.45, 7) is 12.2. The number of nitrogens with zero attached hydrogens (tertiary/aromatic N) is 3. The van der Waals surface area contributed by atoms with Gasteiger partial charge in [0.2, 0.25) is 0 Å². The van der Waals surface area contributed by atoms with Crippen molar-refractivity contribution in [1.29, 1.82) is 0 Å². The van der Waals surface area contributed by atoms with Crippen LogP contribution in [-0.4, -0.2) is 34.0 Å². The number of ether oxygens (including phenoxy) is 1. The van der Waals surface area contributed by atoms with E-state index in [1.165, 1.54) is 11.1 Å². The van der Waals surface area contributed by atoms with Crippen molar-refractivity contribution in [3.8, 4) is 16.9 Å². The van der Waals surface area contributed by atoms with E-state index in [0.29, 0.717) is 6.54 Å². The zero-order valence-electron chi connectivity index (χ0n) is 22.2. The van der Waals surface area contributed by atoms with Crippen molar-refractivity contribution in [1.82, 2.24) is 14.5 Å². The van der Waals surface area contributed by atoms with Crippen LogP contribution in [0.15, 0.2) is 54.6 Å². The number of hydrogen-bond donors (Lipinski definition) is 0. The van der Waals surface area contributed by atoms with Gasteiger partial charge in [-0.25, -0.2) is 4.98 Å². The number of carbonyl (C=O) groups is 1. The van der Waals surface area contributed by atoms with Gasteiger partial charge in [-0.3, -0.25) is 4.79 Å². The van der Waals surface area contributed by atoms with Crippen LogP contribution < -0.4 is 4.74 Å². The molecule has 1 atom stereocenters. The number of amides is 1. The van der Waals surface area contributed by atoms with Crippen LogP contribution in [0.1, 0.15) is 59.6 Å². The van der Waals surface area contributed by atoms with Crippen LogP contribution in [0.25, 0.3) is 22.2 Å². The Morgan fingerprint density at radius 2 is 1.83 bits per heavy atom. The molecule has 0 N–H and O–H groups in total. The molecule has 3 aromatic carbocycles. The van der Waals surface area contributed by atoms with Crippen molar-refractivity contribution in [2.75, 3.05) is 13.7 Å². The lowest BCUT2D eigenvalue weighted by Gasteiger charge is -2.35. The van der Waals surface area contributed by atoms with E-state index in [1.807, 2.05) is 37.3 Å². The molecule has 0 aliphatic carbocycles. The second-order valence-corrected chi connectivity index (χ2v) is 10.2. The highest BCUT2D eigenvalue weighted by atomic mass is 16.5. The summed E-state index contributed by atoms with van der Waals surface area (Å²) in [7, 11) is 1.67. The van der Waals surface area contributed by atoms with Gasteiger partial charge in [-0.1, -0.05) is 29.8 Å². The van der Waals surface area contributed by atoms with Crippen LogP contribution in [0.2, 0.25) is 0 Å². The van der Waals surface area contributed by atoms with Gasteiger partial charge >= 0.3 is 0 Å². The fourth-order valence-corrected chi connectivity index (χ4v) is 5.66. The van der Waals surface area contributed by atoms with Crippen molar-refractivity contribution in [3.63, 3.8) is 0 Å². The summed E-state index contributed by atoms with van der Waals surface area (Å²) in [5.74, 6) is 1.81. The van der Waals surface area contributed by atoms with Crippen molar-refractivity contribution in [3.05, 3.63) is 82.7 Å². The molecular formula is C31H35N3O2. The summed E-state index contributed by atoms with van der Waals surface area (Å²) in [5.41, 5.74) is 7.85. The number of aryl methyl sites for hydroxylation is 4. The summed E-state index contributed by atoms with van der Waals surface area (Å²) in [6.07, 6.45) is 1.84. The number of fused-ring (bicyclic) bond motifs is 1. The Morgan fingerprint density at radius 3 is 2.58 bits per heavy atom. The Labute approximate surface area is 213 Å². The minimum atomic E-state index is -0.483. The molecule has 2 heterocycles. The van der Waals surface area contributed by atoms with Gasteiger partial charge in [0.15, 0.2) is 0 Å². The number of carbonyl (C=O) groups excluding carboxylic acids is 1. The largest absolute Gasteiger partial charge is 0.497 e. The number of aromatic nitrogens is 2. The number of methoxy groups -OCH3 is 1. The molecule has 186 valence electrons. The minimum Gasteiger partial charge on any atom is -0.497 e. The van der Waals surface area contributed by atoms with Gasteiger partial charge in [-0.15, -0.1) is 0 Å². The van der Waals surface area contributed by atoms with Crippen molar-refractivity contribution >= 4 is 16.9 Å². The number of rotatable bonds is 5. The first kappa shape index (κ1) is 24.1. The second kappa shape index (κ2) is 9.12. The normalized spacial score (nSPS) is 17.7. The molecule has 1 aromatic heterocycles. The Balaban J connectivity index is 1.62. The Morgan fingerprint density at radius 1 is 1.06 bits per heavy atom. The van der Waals surface area contributed by atoms with E-state index in [2.05, 4.69) is 61.4 Å². The van der Waals surface area contributed by atoms with Crippen LogP contribution in [0, 0.1) is 20.8 Å². The fraction of sp³-hybridized carbons (Fsp3) is 0.355.